The quantitative estimate of drug-likeness (QED) is 0.806. The summed E-state index contributed by atoms with van der Waals surface area (Å²) < 4.78 is 0. The van der Waals surface area contributed by atoms with E-state index in [1.807, 2.05) is 0 Å². The second-order valence-corrected chi connectivity index (χ2v) is 6.14. The lowest BCUT2D eigenvalue weighted by molar-refractivity contribution is -0.150. The molecule has 0 spiro atoms. The Kier molecular flexibility index (Phi) is 4.32. The fraction of sp³-hybridized carbons (Fsp3) is 0.857. The summed E-state index contributed by atoms with van der Waals surface area (Å²) >= 11 is 0. The van der Waals surface area contributed by atoms with Gasteiger partial charge in [-0.25, -0.2) is 4.79 Å². The third kappa shape index (κ3) is 3.39. The molecule has 19 heavy (non-hydrogen) atoms. The van der Waals surface area contributed by atoms with Crippen LogP contribution in [0.15, 0.2) is 0 Å². The molecule has 1 heterocycles. The van der Waals surface area contributed by atoms with Crippen molar-refractivity contribution in [2.45, 2.75) is 57.9 Å². The number of nitrogens with zero attached hydrogens (tertiary/aromatic N) is 1. The van der Waals surface area contributed by atoms with Crippen LogP contribution in [0.5, 0.6) is 0 Å². The molecule has 2 amide bonds. The van der Waals surface area contributed by atoms with E-state index in [0.717, 1.165) is 12.8 Å². The number of rotatable bonds is 2. The maximum absolute atomic E-state index is 12.1. The molecule has 5 nitrogen and oxygen atoms in total. The van der Waals surface area contributed by atoms with Crippen molar-refractivity contribution in [3.05, 3.63) is 0 Å². The number of carboxylic acid groups (broad SMARTS) is 1. The van der Waals surface area contributed by atoms with Crippen LogP contribution in [0.3, 0.4) is 0 Å². The molecule has 1 saturated heterocycles. The molecule has 0 aromatic heterocycles. The predicted molar refractivity (Wildman–Crippen MR) is 72.0 cm³/mol. The fourth-order valence-corrected chi connectivity index (χ4v) is 2.93. The first-order chi connectivity index (χ1) is 9.01. The van der Waals surface area contributed by atoms with Gasteiger partial charge in [0.1, 0.15) is 0 Å². The Balaban J connectivity index is 1.80. The van der Waals surface area contributed by atoms with E-state index in [-0.39, 0.29) is 6.03 Å². The van der Waals surface area contributed by atoms with E-state index < -0.39 is 11.4 Å². The molecule has 1 saturated carbocycles. The summed E-state index contributed by atoms with van der Waals surface area (Å²) in [6.45, 7) is 2.86. The summed E-state index contributed by atoms with van der Waals surface area (Å²) in [6, 6.07) is 0.299. The minimum atomic E-state index is -0.750. The number of carbonyl (C=O) groups is 2. The van der Waals surface area contributed by atoms with Gasteiger partial charge in [0, 0.05) is 19.1 Å². The SMILES string of the molecule is CC1(C(=O)O)CCN(C(=O)NC2CCCCC2)CC1. The van der Waals surface area contributed by atoms with Gasteiger partial charge < -0.3 is 15.3 Å². The monoisotopic (exact) mass is 268 g/mol. The standard InChI is InChI=1S/C14H24N2O3/c1-14(12(17)18)7-9-16(10-8-14)13(19)15-11-5-3-2-4-6-11/h11H,2-10H2,1H3,(H,15,19)(H,17,18). The van der Waals surface area contributed by atoms with Gasteiger partial charge in [0.2, 0.25) is 0 Å². The topological polar surface area (TPSA) is 69.6 Å². The Bertz CT molecular complexity index is 343. The molecule has 1 aliphatic heterocycles. The normalized spacial score (nSPS) is 23.9. The maximum Gasteiger partial charge on any atom is 0.317 e. The Morgan fingerprint density at radius 3 is 2.26 bits per heavy atom. The third-order valence-corrected chi connectivity index (χ3v) is 4.60. The Hall–Kier alpha value is -1.26. The van der Waals surface area contributed by atoms with Crippen LogP contribution in [0.1, 0.15) is 51.9 Å². The number of nitrogens with one attached hydrogen (secondary N) is 1. The van der Waals surface area contributed by atoms with Crippen LogP contribution in [0.2, 0.25) is 0 Å². The van der Waals surface area contributed by atoms with Crippen LogP contribution in [-0.4, -0.2) is 41.1 Å². The molecule has 2 rings (SSSR count). The highest BCUT2D eigenvalue weighted by atomic mass is 16.4. The molecule has 2 fully saturated rings. The van der Waals surface area contributed by atoms with Gasteiger partial charge in [0.15, 0.2) is 0 Å². The molecule has 0 aromatic carbocycles. The van der Waals surface area contributed by atoms with Crippen molar-refractivity contribution < 1.29 is 14.7 Å². The van der Waals surface area contributed by atoms with Gasteiger partial charge in [0.05, 0.1) is 5.41 Å². The number of carboxylic acids is 1. The minimum absolute atomic E-state index is 0.0145. The molecule has 2 N–H and O–H groups in total. The van der Waals surface area contributed by atoms with E-state index in [2.05, 4.69) is 5.32 Å². The van der Waals surface area contributed by atoms with Crippen molar-refractivity contribution >= 4 is 12.0 Å². The first-order valence-corrected chi connectivity index (χ1v) is 7.30. The number of hydrogen-bond donors (Lipinski definition) is 2. The lowest BCUT2D eigenvalue weighted by Crippen LogP contribution is -2.51. The van der Waals surface area contributed by atoms with Crippen molar-refractivity contribution in [3.8, 4) is 0 Å². The number of amides is 2. The summed E-state index contributed by atoms with van der Waals surface area (Å²) in [6.07, 6.45) is 6.90. The number of aliphatic carboxylic acids is 1. The molecule has 5 heteroatoms. The zero-order valence-corrected chi connectivity index (χ0v) is 11.7. The highest BCUT2D eigenvalue weighted by molar-refractivity contribution is 5.77. The lowest BCUT2D eigenvalue weighted by Gasteiger charge is -2.37. The van der Waals surface area contributed by atoms with Gasteiger partial charge in [-0.15, -0.1) is 0 Å². The third-order valence-electron chi connectivity index (χ3n) is 4.60. The van der Waals surface area contributed by atoms with Crippen molar-refractivity contribution in [1.82, 2.24) is 10.2 Å². The fourth-order valence-electron chi connectivity index (χ4n) is 2.93. The van der Waals surface area contributed by atoms with Crippen LogP contribution in [-0.2, 0) is 4.79 Å². The van der Waals surface area contributed by atoms with Crippen molar-refractivity contribution in [2.75, 3.05) is 13.1 Å². The number of urea groups is 1. The Morgan fingerprint density at radius 1 is 1.16 bits per heavy atom. The summed E-state index contributed by atoms with van der Waals surface area (Å²) in [5.74, 6) is -0.750. The molecule has 1 aliphatic carbocycles. The second kappa shape index (κ2) is 5.80. The van der Waals surface area contributed by atoms with Crippen LogP contribution in [0, 0.1) is 5.41 Å². The van der Waals surface area contributed by atoms with Gasteiger partial charge in [-0.05, 0) is 32.6 Å². The minimum Gasteiger partial charge on any atom is -0.481 e. The van der Waals surface area contributed by atoms with Crippen LogP contribution >= 0.6 is 0 Å². The largest absolute Gasteiger partial charge is 0.481 e. The summed E-state index contributed by atoms with van der Waals surface area (Å²) in [4.78, 5) is 25.0. The average molecular weight is 268 g/mol. The molecule has 0 unspecified atom stereocenters. The van der Waals surface area contributed by atoms with Gasteiger partial charge in [-0.2, -0.15) is 0 Å². The molecule has 0 radical (unpaired) electrons. The Morgan fingerprint density at radius 2 is 1.74 bits per heavy atom. The highest BCUT2D eigenvalue weighted by Crippen LogP contribution is 2.31. The molecule has 0 bridgehead atoms. The summed E-state index contributed by atoms with van der Waals surface area (Å²) in [5.41, 5.74) is -0.665. The van der Waals surface area contributed by atoms with E-state index in [9.17, 15) is 9.59 Å². The highest BCUT2D eigenvalue weighted by Gasteiger charge is 2.38. The molecule has 0 aromatic rings. The van der Waals surface area contributed by atoms with Crippen molar-refractivity contribution in [2.24, 2.45) is 5.41 Å². The number of piperidine rings is 1. The lowest BCUT2D eigenvalue weighted by atomic mass is 9.80. The van der Waals surface area contributed by atoms with Crippen LogP contribution < -0.4 is 5.32 Å². The van der Waals surface area contributed by atoms with Gasteiger partial charge in [0.25, 0.3) is 0 Å². The van der Waals surface area contributed by atoms with Gasteiger partial charge in [-0.3, -0.25) is 4.79 Å². The van der Waals surface area contributed by atoms with Gasteiger partial charge >= 0.3 is 12.0 Å². The zero-order chi connectivity index (χ0) is 13.9. The smallest absolute Gasteiger partial charge is 0.317 e. The number of hydrogen-bond acceptors (Lipinski definition) is 2. The first kappa shape index (κ1) is 14.2. The zero-order valence-electron chi connectivity index (χ0n) is 11.7. The van der Waals surface area contributed by atoms with Gasteiger partial charge in [-0.1, -0.05) is 19.3 Å². The first-order valence-electron chi connectivity index (χ1n) is 7.30. The second-order valence-electron chi connectivity index (χ2n) is 6.14. The van der Waals surface area contributed by atoms with E-state index in [1.165, 1.54) is 19.3 Å². The molecule has 108 valence electrons. The predicted octanol–water partition coefficient (Wildman–Crippen LogP) is 2.22. The van der Waals surface area contributed by atoms with Crippen molar-refractivity contribution in [1.29, 1.82) is 0 Å². The molecular weight excluding hydrogens is 244 g/mol. The van der Waals surface area contributed by atoms with E-state index in [4.69, 9.17) is 5.11 Å². The maximum atomic E-state index is 12.1. The van der Waals surface area contributed by atoms with E-state index >= 15 is 0 Å². The van der Waals surface area contributed by atoms with Crippen LogP contribution in [0.4, 0.5) is 4.79 Å². The number of carbonyl (C=O) groups excluding carboxylic acids is 1. The summed E-state index contributed by atoms with van der Waals surface area (Å²) in [5, 5.41) is 12.2. The van der Waals surface area contributed by atoms with E-state index in [1.54, 1.807) is 11.8 Å². The van der Waals surface area contributed by atoms with Crippen molar-refractivity contribution in [3.63, 3.8) is 0 Å². The molecule has 0 atom stereocenters. The van der Waals surface area contributed by atoms with E-state index in [0.29, 0.717) is 32.0 Å². The van der Waals surface area contributed by atoms with Crippen LogP contribution in [0.25, 0.3) is 0 Å². The molecular formula is C14H24N2O3. The Labute approximate surface area is 114 Å². The molecule has 2 aliphatic rings. The number of likely N-dealkylation sites (tertiary alicyclic amines) is 1. The average Bonchev–Trinajstić information content (AvgIpc) is 2.40. The summed E-state index contributed by atoms with van der Waals surface area (Å²) in [7, 11) is 0.